The van der Waals surface area contributed by atoms with E-state index in [1.54, 1.807) is 0 Å². The van der Waals surface area contributed by atoms with Crippen molar-refractivity contribution in [3.05, 3.63) is 122 Å². The lowest BCUT2D eigenvalue weighted by Gasteiger charge is -2.27. The lowest BCUT2D eigenvalue weighted by Crippen LogP contribution is -2.47. The zero-order chi connectivity index (χ0) is 60.7. The number of hydrogen-bond acceptors (Lipinski definition) is 6. The molecule has 0 bridgehead atoms. The first-order valence-corrected chi connectivity index (χ1v) is 35.4. The SMILES string of the molecule is CC/C=C\C/C=C\C/C=C\C/C=C\C/C=C\C/C=C\CCCCCCCCCCC(=O)NC(COP(=O)(O)OCC[N+](C)(C)C)C(/C=C\CCCCCCCCCCC)OC(=O)CCCCCCCC/C=C\C/C=C\C/C=C\CCCCC. The summed E-state index contributed by atoms with van der Waals surface area (Å²) >= 11 is 0. The summed E-state index contributed by atoms with van der Waals surface area (Å²) in [6.45, 7) is 6.85. The third-order valence-electron chi connectivity index (χ3n) is 14.4. The minimum Gasteiger partial charge on any atom is -0.456 e. The van der Waals surface area contributed by atoms with E-state index in [-0.39, 0.29) is 31.5 Å². The summed E-state index contributed by atoms with van der Waals surface area (Å²) < 4.78 is 30.7. The van der Waals surface area contributed by atoms with Crippen molar-refractivity contribution in [2.24, 2.45) is 0 Å². The van der Waals surface area contributed by atoms with Gasteiger partial charge in [-0.25, -0.2) is 4.57 Å². The fourth-order valence-corrected chi connectivity index (χ4v) is 9.92. The molecular formula is C73H128N2O7P+. The monoisotopic (exact) mass is 1180 g/mol. The highest BCUT2D eigenvalue weighted by molar-refractivity contribution is 7.47. The standard InChI is InChI=1S/C73H127N2O7P/c1-7-10-13-16-19-22-25-27-29-31-33-34-35-36-37-38-39-40-42-43-45-47-50-53-56-59-62-65-72(76)74-70(69-81-83(78,79)80-68-67-75(4,5)6)71(64-61-58-55-52-49-24-21-18-15-12-9-3)82-73(77)66-63-60-57-54-51-48-46-44-41-32-30-28-26-23-20-17-14-11-8-2/h10,13,19-20,22-23,27-30,33-34,36-37,39-41,44,61,64,70-71H,7-9,11-12,14-18,21,24-26,31-32,35,38,42-43,45-60,62-63,65-69H2,1-6H3,(H-,74,76,78,79)/p+1/b13-10-,22-19-,23-20-,29-27-,30-28-,34-33-,37-36-,40-39-,44-41-,64-61-. The summed E-state index contributed by atoms with van der Waals surface area (Å²) in [5.74, 6) is -0.534. The van der Waals surface area contributed by atoms with Crippen molar-refractivity contribution >= 4 is 19.7 Å². The number of allylic oxidation sites excluding steroid dienone is 19. The Labute approximate surface area is 512 Å². The molecule has 0 heterocycles. The van der Waals surface area contributed by atoms with Crippen molar-refractivity contribution < 1.29 is 37.3 Å². The van der Waals surface area contributed by atoms with E-state index in [1.807, 2.05) is 33.3 Å². The van der Waals surface area contributed by atoms with Gasteiger partial charge in [-0.1, -0.05) is 265 Å². The van der Waals surface area contributed by atoms with Crippen LogP contribution < -0.4 is 5.32 Å². The van der Waals surface area contributed by atoms with Gasteiger partial charge in [0.25, 0.3) is 0 Å². The number of esters is 1. The lowest BCUT2D eigenvalue weighted by molar-refractivity contribution is -0.870. The van der Waals surface area contributed by atoms with Gasteiger partial charge in [0.2, 0.25) is 5.91 Å². The second-order valence-electron chi connectivity index (χ2n) is 23.6. The molecule has 0 aromatic rings. The molecule has 83 heavy (non-hydrogen) atoms. The number of nitrogens with zero attached hydrogens (tertiary/aromatic N) is 1. The van der Waals surface area contributed by atoms with Crippen LogP contribution in [0.4, 0.5) is 0 Å². The Morgan fingerprint density at radius 3 is 1.18 bits per heavy atom. The summed E-state index contributed by atoms with van der Waals surface area (Å²) in [5.41, 5.74) is 0. The van der Waals surface area contributed by atoms with E-state index in [9.17, 15) is 19.0 Å². The molecule has 0 aliphatic carbocycles. The van der Waals surface area contributed by atoms with E-state index < -0.39 is 20.0 Å². The maximum Gasteiger partial charge on any atom is 0.472 e. The number of quaternary nitrogens is 1. The third kappa shape index (κ3) is 62.8. The first-order chi connectivity index (χ1) is 40.4. The zero-order valence-corrected chi connectivity index (χ0v) is 55.3. The van der Waals surface area contributed by atoms with Gasteiger partial charge < -0.3 is 19.4 Å². The first kappa shape index (κ1) is 79.4. The molecule has 0 saturated carbocycles. The summed E-state index contributed by atoms with van der Waals surface area (Å²) in [5, 5.41) is 3.05. The Balaban J connectivity index is 5.13. The van der Waals surface area contributed by atoms with Crippen LogP contribution in [0, 0.1) is 0 Å². The van der Waals surface area contributed by atoms with Gasteiger partial charge in [0.15, 0.2) is 0 Å². The molecule has 0 aromatic heterocycles. The summed E-state index contributed by atoms with van der Waals surface area (Å²) in [6.07, 6.45) is 86.3. The van der Waals surface area contributed by atoms with E-state index in [4.69, 9.17) is 13.8 Å². The molecular weight excluding hydrogens is 1050 g/mol. The molecule has 476 valence electrons. The quantitative estimate of drug-likeness (QED) is 0.0205. The number of phosphoric ester groups is 1. The number of unbranched alkanes of at least 4 members (excludes halogenated alkanes) is 26. The van der Waals surface area contributed by atoms with Crippen LogP contribution in [0.5, 0.6) is 0 Å². The number of amides is 1. The van der Waals surface area contributed by atoms with Crippen LogP contribution in [0.2, 0.25) is 0 Å². The smallest absolute Gasteiger partial charge is 0.456 e. The van der Waals surface area contributed by atoms with Gasteiger partial charge in [0.1, 0.15) is 19.3 Å². The van der Waals surface area contributed by atoms with Crippen LogP contribution in [0.1, 0.15) is 278 Å². The molecule has 0 rings (SSSR count). The van der Waals surface area contributed by atoms with Crippen LogP contribution in [-0.4, -0.2) is 74.3 Å². The number of carbonyl (C=O) groups excluding carboxylic acids is 2. The molecule has 3 atom stereocenters. The lowest BCUT2D eigenvalue weighted by atomic mass is 10.0. The second-order valence-corrected chi connectivity index (χ2v) is 25.1. The number of carbonyl (C=O) groups is 2. The molecule has 0 fully saturated rings. The fraction of sp³-hybridized carbons (Fsp3) is 0.699. The average molecular weight is 1180 g/mol. The first-order valence-electron chi connectivity index (χ1n) is 33.9. The summed E-state index contributed by atoms with van der Waals surface area (Å²) in [6, 6.07) is -0.867. The topological polar surface area (TPSA) is 111 Å². The largest absolute Gasteiger partial charge is 0.472 e. The fourth-order valence-electron chi connectivity index (χ4n) is 9.19. The minimum atomic E-state index is -4.46. The molecule has 1 amide bonds. The predicted octanol–water partition coefficient (Wildman–Crippen LogP) is 21.4. The summed E-state index contributed by atoms with van der Waals surface area (Å²) in [7, 11) is 1.47. The van der Waals surface area contributed by atoms with Crippen molar-refractivity contribution in [1.29, 1.82) is 0 Å². The highest BCUT2D eigenvalue weighted by atomic mass is 31.2. The molecule has 2 N–H and O–H groups in total. The van der Waals surface area contributed by atoms with E-state index >= 15 is 0 Å². The number of likely N-dealkylation sites (N-methyl/N-ethyl adjacent to an activating group) is 1. The van der Waals surface area contributed by atoms with E-state index in [0.717, 1.165) is 135 Å². The Morgan fingerprint density at radius 1 is 0.434 bits per heavy atom. The Bertz CT molecular complexity index is 1830. The molecule has 0 spiro atoms. The highest BCUT2D eigenvalue weighted by Crippen LogP contribution is 2.43. The maximum absolute atomic E-state index is 13.6. The van der Waals surface area contributed by atoms with Crippen LogP contribution in [0.3, 0.4) is 0 Å². The Morgan fingerprint density at radius 2 is 0.771 bits per heavy atom. The minimum absolute atomic E-state index is 0.0301. The van der Waals surface area contributed by atoms with Crippen molar-refractivity contribution in [3.8, 4) is 0 Å². The molecule has 9 nitrogen and oxygen atoms in total. The third-order valence-corrected chi connectivity index (χ3v) is 15.4. The van der Waals surface area contributed by atoms with E-state index in [0.29, 0.717) is 17.4 Å². The predicted molar refractivity (Wildman–Crippen MR) is 360 cm³/mol. The molecule has 0 radical (unpaired) electrons. The number of nitrogens with one attached hydrogen (secondary N) is 1. The second kappa shape index (κ2) is 61.5. The molecule has 0 saturated heterocycles. The van der Waals surface area contributed by atoms with Gasteiger partial charge in [-0.05, 0) is 122 Å². The van der Waals surface area contributed by atoms with Crippen molar-refractivity contribution in [2.45, 2.75) is 290 Å². The maximum atomic E-state index is 13.6. The Hall–Kier alpha value is -3.59. The number of phosphoric acid groups is 1. The van der Waals surface area contributed by atoms with Crippen molar-refractivity contribution in [1.82, 2.24) is 5.32 Å². The van der Waals surface area contributed by atoms with Gasteiger partial charge in [-0.15, -0.1) is 0 Å². The molecule has 0 aliphatic heterocycles. The summed E-state index contributed by atoms with van der Waals surface area (Å²) in [4.78, 5) is 37.8. The van der Waals surface area contributed by atoms with Crippen LogP contribution >= 0.6 is 7.82 Å². The average Bonchev–Trinajstić information content (AvgIpc) is 3.51. The molecule has 10 heteroatoms. The van der Waals surface area contributed by atoms with E-state index in [2.05, 4.69) is 135 Å². The number of ether oxygens (including phenoxy) is 1. The normalized spacial score (nSPS) is 14.3. The van der Waals surface area contributed by atoms with Crippen molar-refractivity contribution in [3.63, 3.8) is 0 Å². The highest BCUT2D eigenvalue weighted by Gasteiger charge is 2.30. The van der Waals surface area contributed by atoms with Gasteiger partial charge in [0, 0.05) is 12.8 Å². The molecule has 3 unspecified atom stereocenters. The van der Waals surface area contributed by atoms with Crippen LogP contribution in [0.15, 0.2) is 122 Å². The molecule has 0 aliphatic rings. The number of hydrogen-bond donors (Lipinski definition) is 2. The van der Waals surface area contributed by atoms with E-state index in [1.165, 1.54) is 109 Å². The van der Waals surface area contributed by atoms with Gasteiger partial charge >= 0.3 is 13.8 Å². The number of rotatable bonds is 60. The van der Waals surface area contributed by atoms with Crippen LogP contribution in [0.25, 0.3) is 0 Å². The van der Waals surface area contributed by atoms with Gasteiger partial charge in [-0.2, -0.15) is 0 Å². The van der Waals surface area contributed by atoms with Gasteiger partial charge in [-0.3, -0.25) is 18.6 Å². The zero-order valence-electron chi connectivity index (χ0n) is 54.4. The van der Waals surface area contributed by atoms with Crippen LogP contribution in [-0.2, 0) is 27.9 Å². The Kier molecular flexibility index (Phi) is 58.8. The van der Waals surface area contributed by atoms with Gasteiger partial charge in [0.05, 0.1) is 33.8 Å². The van der Waals surface area contributed by atoms with Crippen molar-refractivity contribution in [2.75, 3.05) is 40.9 Å². The molecule has 0 aromatic carbocycles.